The number of carboxylic acid groups (broad SMARTS) is 1. The smallest absolute Gasteiger partial charge is 0.416 e. The molecule has 1 aromatic carbocycles. The first-order chi connectivity index (χ1) is 10.8. The molecule has 1 heterocycles. The molecule has 0 amide bonds. The van der Waals surface area contributed by atoms with Crippen molar-refractivity contribution in [2.75, 3.05) is 0 Å². The Kier molecular flexibility index (Phi) is 4.73. The van der Waals surface area contributed by atoms with Crippen LogP contribution in [0.1, 0.15) is 12.5 Å². The standard InChI is InChI=1S/C15H12F3NO4/c1-9(14(20)21)22-11-4-2-3-5-12(11)23-13-8-10(6-7-19-13)15(16,17)18/h2-9H,1H3,(H,20,21). The second-order valence-electron chi connectivity index (χ2n) is 4.53. The Morgan fingerprint density at radius 1 is 1.22 bits per heavy atom. The van der Waals surface area contributed by atoms with Gasteiger partial charge in [-0.15, -0.1) is 0 Å². The van der Waals surface area contributed by atoms with Gasteiger partial charge >= 0.3 is 12.1 Å². The number of halogens is 3. The minimum Gasteiger partial charge on any atom is -0.479 e. The van der Waals surface area contributed by atoms with Crippen molar-refractivity contribution < 1.29 is 32.5 Å². The van der Waals surface area contributed by atoms with Crippen LogP contribution in [-0.4, -0.2) is 22.2 Å². The molecular weight excluding hydrogens is 315 g/mol. The maximum atomic E-state index is 12.7. The molecule has 0 saturated carbocycles. The normalized spacial score (nSPS) is 12.5. The molecule has 0 saturated heterocycles. The monoisotopic (exact) mass is 327 g/mol. The Balaban J connectivity index is 2.25. The summed E-state index contributed by atoms with van der Waals surface area (Å²) >= 11 is 0. The van der Waals surface area contributed by atoms with E-state index in [1.165, 1.54) is 19.1 Å². The molecule has 0 spiro atoms. The number of rotatable bonds is 5. The van der Waals surface area contributed by atoms with Crippen molar-refractivity contribution in [1.29, 1.82) is 0 Å². The van der Waals surface area contributed by atoms with Gasteiger partial charge in [-0.2, -0.15) is 13.2 Å². The number of alkyl halides is 3. The molecule has 1 atom stereocenters. The Hall–Kier alpha value is -2.77. The first-order valence-electron chi connectivity index (χ1n) is 6.47. The van der Waals surface area contributed by atoms with E-state index in [9.17, 15) is 18.0 Å². The molecule has 0 fully saturated rings. The van der Waals surface area contributed by atoms with Gasteiger partial charge in [-0.3, -0.25) is 0 Å². The quantitative estimate of drug-likeness (QED) is 0.906. The molecule has 2 aromatic rings. The number of benzene rings is 1. The third-order valence-corrected chi connectivity index (χ3v) is 2.78. The van der Waals surface area contributed by atoms with Crippen LogP contribution in [0.25, 0.3) is 0 Å². The van der Waals surface area contributed by atoms with Crippen LogP contribution in [0.3, 0.4) is 0 Å². The molecule has 0 aliphatic carbocycles. The molecule has 1 unspecified atom stereocenters. The average molecular weight is 327 g/mol. The van der Waals surface area contributed by atoms with Gasteiger partial charge in [-0.1, -0.05) is 12.1 Å². The number of ether oxygens (including phenoxy) is 2. The van der Waals surface area contributed by atoms with Gasteiger partial charge in [0.2, 0.25) is 5.88 Å². The van der Waals surface area contributed by atoms with E-state index < -0.39 is 23.8 Å². The van der Waals surface area contributed by atoms with Crippen LogP contribution in [0, 0.1) is 0 Å². The first-order valence-corrected chi connectivity index (χ1v) is 6.47. The Labute approximate surface area is 129 Å². The SMILES string of the molecule is CC(Oc1ccccc1Oc1cc(C(F)(F)F)ccn1)C(=O)O. The van der Waals surface area contributed by atoms with Gasteiger partial charge in [-0.05, 0) is 25.1 Å². The number of aromatic nitrogens is 1. The van der Waals surface area contributed by atoms with Crippen LogP contribution in [0.15, 0.2) is 42.6 Å². The van der Waals surface area contributed by atoms with Crippen molar-refractivity contribution >= 4 is 5.97 Å². The summed E-state index contributed by atoms with van der Waals surface area (Å²) in [6.07, 6.45) is -4.69. The molecule has 0 aliphatic heterocycles. The number of aliphatic carboxylic acids is 1. The van der Waals surface area contributed by atoms with Crippen LogP contribution in [0.4, 0.5) is 13.2 Å². The van der Waals surface area contributed by atoms with E-state index >= 15 is 0 Å². The van der Waals surface area contributed by atoms with Crippen molar-refractivity contribution in [3.63, 3.8) is 0 Å². The molecule has 1 aromatic heterocycles. The summed E-state index contributed by atoms with van der Waals surface area (Å²) < 4.78 is 48.5. The van der Waals surface area contributed by atoms with E-state index in [4.69, 9.17) is 14.6 Å². The lowest BCUT2D eigenvalue weighted by molar-refractivity contribution is -0.144. The second-order valence-corrected chi connectivity index (χ2v) is 4.53. The number of carboxylic acids is 1. The summed E-state index contributed by atoms with van der Waals surface area (Å²) in [7, 11) is 0. The molecule has 23 heavy (non-hydrogen) atoms. The Morgan fingerprint density at radius 3 is 2.48 bits per heavy atom. The van der Waals surface area contributed by atoms with Crippen molar-refractivity contribution in [1.82, 2.24) is 4.98 Å². The first kappa shape index (κ1) is 16.6. The van der Waals surface area contributed by atoms with Gasteiger partial charge in [0.1, 0.15) is 0 Å². The van der Waals surface area contributed by atoms with E-state index in [0.717, 1.165) is 18.3 Å². The lowest BCUT2D eigenvalue weighted by atomic mass is 10.2. The van der Waals surface area contributed by atoms with Gasteiger partial charge < -0.3 is 14.6 Å². The fourth-order valence-corrected chi connectivity index (χ4v) is 1.63. The summed E-state index contributed by atoms with van der Waals surface area (Å²) in [4.78, 5) is 14.5. The summed E-state index contributed by atoms with van der Waals surface area (Å²) in [5.41, 5.74) is -0.903. The second kappa shape index (κ2) is 6.55. The highest BCUT2D eigenvalue weighted by molar-refractivity contribution is 5.72. The van der Waals surface area contributed by atoms with Gasteiger partial charge in [0.15, 0.2) is 17.6 Å². The minimum absolute atomic E-state index is 0.0624. The summed E-state index contributed by atoms with van der Waals surface area (Å²) in [6.45, 7) is 1.32. The largest absolute Gasteiger partial charge is 0.479 e. The van der Waals surface area contributed by atoms with Crippen molar-refractivity contribution in [2.24, 2.45) is 0 Å². The van der Waals surface area contributed by atoms with Gasteiger partial charge in [0, 0.05) is 12.3 Å². The molecular formula is C15H12F3NO4. The molecule has 8 heteroatoms. The molecule has 5 nitrogen and oxygen atoms in total. The Morgan fingerprint density at radius 2 is 1.87 bits per heavy atom. The van der Waals surface area contributed by atoms with E-state index in [1.807, 2.05) is 0 Å². The number of nitrogens with zero attached hydrogens (tertiary/aromatic N) is 1. The number of pyridine rings is 1. The lowest BCUT2D eigenvalue weighted by Crippen LogP contribution is -2.23. The molecule has 0 bridgehead atoms. The van der Waals surface area contributed by atoms with Crippen molar-refractivity contribution in [3.8, 4) is 17.4 Å². The number of para-hydroxylation sites is 2. The van der Waals surface area contributed by atoms with Crippen LogP contribution in [-0.2, 0) is 11.0 Å². The summed E-state index contributed by atoms with van der Waals surface area (Å²) in [5, 5.41) is 8.85. The molecule has 2 rings (SSSR count). The number of carbonyl (C=O) groups is 1. The molecule has 0 radical (unpaired) electrons. The third kappa shape index (κ3) is 4.35. The number of hydrogen-bond donors (Lipinski definition) is 1. The molecule has 122 valence electrons. The fraction of sp³-hybridized carbons (Fsp3) is 0.200. The molecule has 1 N–H and O–H groups in total. The zero-order valence-corrected chi connectivity index (χ0v) is 11.9. The third-order valence-electron chi connectivity index (χ3n) is 2.78. The van der Waals surface area contributed by atoms with Crippen LogP contribution in [0.2, 0.25) is 0 Å². The predicted molar refractivity (Wildman–Crippen MR) is 73.5 cm³/mol. The molecule has 0 aliphatic rings. The predicted octanol–water partition coefficient (Wildman–Crippen LogP) is 3.74. The minimum atomic E-state index is -4.52. The van der Waals surface area contributed by atoms with Crippen LogP contribution in [0.5, 0.6) is 17.4 Å². The van der Waals surface area contributed by atoms with Crippen molar-refractivity contribution in [2.45, 2.75) is 19.2 Å². The van der Waals surface area contributed by atoms with Gasteiger partial charge in [0.05, 0.1) is 5.56 Å². The van der Waals surface area contributed by atoms with Crippen molar-refractivity contribution in [3.05, 3.63) is 48.2 Å². The maximum absolute atomic E-state index is 12.7. The van der Waals surface area contributed by atoms with E-state index in [-0.39, 0.29) is 17.4 Å². The highest BCUT2D eigenvalue weighted by atomic mass is 19.4. The van der Waals surface area contributed by atoms with Gasteiger partial charge in [-0.25, -0.2) is 9.78 Å². The zero-order chi connectivity index (χ0) is 17.0. The lowest BCUT2D eigenvalue weighted by Gasteiger charge is -2.15. The topological polar surface area (TPSA) is 68.7 Å². The number of hydrogen-bond acceptors (Lipinski definition) is 4. The van der Waals surface area contributed by atoms with E-state index in [2.05, 4.69) is 4.98 Å². The fourth-order valence-electron chi connectivity index (χ4n) is 1.63. The highest BCUT2D eigenvalue weighted by Crippen LogP contribution is 2.34. The van der Waals surface area contributed by atoms with Crippen LogP contribution >= 0.6 is 0 Å². The van der Waals surface area contributed by atoms with E-state index in [1.54, 1.807) is 12.1 Å². The Bertz CT molecular complexity index is 703. The highest BCUT2D eigenvalue weighted by Gasteiger charge is 2.31. The maximum Gasteiger partial charge on any atom is 0.416 e. The van der Waals surface area contributed by atoms with Gasteiger partial charge in [0.25, 0.3) is 0 Å². The van der Waals surface area contributed by atoms with E-state index in [0.29, 0.717) is 0 Å². The summed E-state index contributed by atoms with van der Waals surface area (Å²) in [5.74, 6) is -1.31. The van der Waals surface area contributed by atoms with Crippen LogP contribution < -0.4 is 9.47 Å². The summed E-state index contributed by atoms with van der Waals surface area (Å²) in [6, 6.07) is 7.60. The average Bonchev–Trinajstić information content (AvgIpc) is 2.48. The zero-order valence-electron chi connectivity index (χ0n) is 11.9.